The minimum absolute atomic E-state index is 0. The molecule has 96 valence electrons. The van der Waals surface area contributed by atoms with E-state index in [4.69, 9.17) is 5.73 Å². The Morgan fingerprint density at radius 2 is 2.06 bits per heavy atom. The number of rotatable bonds is 4. The molecule has 0 aromatic heterocycles. The normalized spacial score (nSPS) is 9.59. The fraction of sp³-hybridized carbons (Fsp3) is 0.462. The van der Waals surface area contributed by atoms with Crippen LogP contribution in [-0.4, -0.2) is 24.4 Å². The van der Waals surface area contributed by atoms with Crippen LogP contribution in [0.5, 0.6) is 0 Å². The Morgan fingerprint density at radius 1 is 1.41 bits per heavy atom. The standard InChI is InChI=1S/C13H20N2O.ClH/c1-4-5-8-15(3)13(16)12-9-11(14)7-6-10(12)2;/h6-7,9H,4-5,8,14H2,1-3H3;1H. The van der Waals surface area contributed by atoms with E-state index in [0.717, 1.165) is 24.9 Å². The van der Waals surface area contributed by atoms with E-state index < -0.39 is 0 Å². The highest BCUT2D eigenvalue weighted by Gasteiger charge is 2.13. The molecule has 0 unspecified atom stereocenters. The van der Waals surface area contributed by atoms with E-state index >= 15 is 0 Å². The van der Waals surface area contributed by atoms with Gasteiger partial charge in [-0.2, -0.15) is 0 Å². The van der Waals surface area contributed by atoms with Gasteiger partial charge in [0.15, 0.2) is 0 Å². The summed E-state index contributed by atoms with van der Waals surface area (Å²) in [6.45, 7) is 4.84. The maximum absolute atomic E-state index is 12.1. The number of carbonyl (C=O) groups is 1. The molecule has 0 atom stereocenters. The summed E-state index contributed by atoms with van der Waals surface area (Å²) in [4.78, 5) is 13.8. The molecule has 0 bridgehead atoms. The molecule has 0 aliphatic carbocycles. The lowest BCUT2D eigenvalue weighted by Gasteiger charge is -2.18. The SMILES string of the molecule is CCCCN(C)C(=O)c1cc(N)ccc1C.Cl. The first kappa shape index (κ1) is 15.8. The van der Waals surface area contributed by atoms with Gasteiger partial charge in [-0.25, -0.2) is 0 Å². The van der Waals surface area contributed by atoms with E-state index in [1.54, 1.807) is 11.0 Å². The average Bonchev–Trinajstić information content (AvgIpc) is 2.28. The predicted octanol–water partition coefficient (Wildman–Crippen LogP) is 2.87. The van der Waals surface area contributed by atoms with Crippen molar-refractivity contribution in [1.82, 2.24) is 4.90 Å². The van der Waals surface area contributed by atoms with E-state index in [1.807, 2.05) is 26.1 Å². The molecular formula is C13H21ClN2O. The number of nitrogens with two attached hydrogens (primary N) is 1. The number of unbranched alkanes of at least 4 members (excludes halogenated alkanes) is 1. The van der Waals surface area contributed by atoms with Gasteiger partial charge in [-0.1, -0.05) is 19.4 Å². The first-order valence-corrected chi connectivity index (χ1v) is 5.67. The number of aryl methyl sites for hydroxylation is 1. The number of halogens is 1. The van der Waals surface area contributed by atoms with Crippen LogP contribution < -0.4 is 5.73 Å². The average molecular weight is 257 g/mol. The topological polar surface area (TPSA) is 46.3 Å². The molecule has 0 fully saturated rings. The third kappa shape index (κ3) is 4.27. The van der Waals surface area contributed by atoms with Crippen molar-refractivity contribution in [3.63, 3.8) is 0 Å². The highest BCUT2D eigenvalue weighted by molar-refractivity contribution is 5.96. The third-order valence-electron chi connectivity index (χ3n) is 2.69. The Kier molecular flexibility index (Phi) is 6.66. The predicted molar refractivity (Wildman–Crippen MR) is 74.7 cm³/mol. The summed E-state index contributed by atoms with van der Waals surface area (Å²) >= 11 is 0. The summed E-state index contributed by atoms with van der Waals surface area (Å²) in [5, 5.41) is 0. The van der Waals surface area contributed by atoms with Crippen LogP contribution in [0, 0.1) is 6.92 Å². The van der Waals surface area contributed by atoms with E-state index in [2.05, 4.69) is 6.92 Å². The van der Waals surface area contributed by atoms with E-state index in [-0.39, 0.29) is 18.3 Å². The lowest BCUT2D eigenvalue weighted by Crippen LogP contribution is -2.28. The van der Waals surface area contributed by atoms with Gasteiger partial charge >= 0.3 is 0 Å². The quantitative estimate of drug-likeness (QED) is 0.842. The summed E-state index contributed by atoms with van der Waals surface area (Å²) in [6.07, 6.45) is 2.12. The number of nitrogen functional groups attached to an aromatic ring is 1. The number of benzene rings is 1. The molecule has 3 nitrogen and oxygen atoms in total. The molecule has 1 aromatic carbocycles. The van der Waals surface area contributed by atoms with Gasteiger partial charge in [0.2, 0.25) is 0 Å². The molecular weight excluding hydrogens is 236 g/mol. The van der Waals surface area contributed by atoms with Gasteiger partial charge < -0.3 is 10.6 Å². The summed E-state index contributed by atoms with van der Waals surface area (Å²) in [6, 6.07) is 5.45. The Balaban J connectivity index is 0.00000256. The van der Waals surface area contributed by atoms with E-state index in [0.29, 0.717) is 11.3 Å². The highest BCUT2D eigenvalue weighted by Crippen LogP contribution is 2.14. The zero-order chi connectivity index (χ0) is 12.1. The van der Waals surface area contributed by atoms with Crippen molar-refractivity contribution < 1.29 is 4.79 Å². The van der Waals surface area contributed by atoms with Crippen molar-refractivity contribution in [3.05, 3.63) is 29.3 Å². The van der Waals surface area contributed by atoms with Gasteiger partial charge in [-0.3, -0.25) is 4.79 Å². The summed E-state index contributed by atoms with van der Waals surface area (Å²) in [7, 11) is 1.83. The van der Waals surface area contributed by atoms with Gasteiger partial charge in [0.1, 0.15) is 0 Å². The van der Waals surface area contributed by atoms with Crippen LogP contribution in [0.15, 0.2) is 18.2 Å². The second kappa shape index (κ2) is 7.17. The Hall–Kier alpha value is -1.22. The van der Waals surface area contributed by atoms with Crippen LogP contribution in [0.4, 0.5) is 5.69 Å². The lowest BCUT2D eigenvalue weighted by atomic mass is 10.1. The Morgan fingerprint density at radius 3 is 2.65 bits per heavy atom. The molecule has 0 saturated carbocycles. The van der Waals surface area contributed by atoms with Gasteiger partial charge in [0.25, 0.3) is 5.91 Å². The maximum Gasteiger partial charge on any atom is 0.253 e. The summed E-state index contributed by atoms with van der Waals surface area (Å²) in [5.74, 6) is 0.0539. The molecule has 4 heteroatoms. The van der Waals surface area contributed by atoms with Crippen molar-refractivity contribution in [2.24, 2.45) is 0 Å². The second-order valence-electron chi connectivity index (χ2n) is 4.15. The maximum atomic E-state index is 12.1. The largest absolute Gasteiger partial charge is 0.399 e. The molecule has 0 radical (unpaired) electrons. The van der Waals surface area contributed by atoms with Crippen LogP contribution >= 0.6 is 12.4 Å². The molecule has 0 saturated heterocycles. The molecule has 0 aliphatic rings. The fourth-order valence-electron chi connectivity index (χ4n) is 1.57. The van der Waals surface area contributed by atoms with Crippen molar-refractivity contribution >= 4 is 24.0 Å². The Labute approximate surface area is 109 Å². The van der Waals surface area contributed by atoms with E-state index in [9.17, 15) is 4.79 Å². The minimum Gasteiger partial charge on any atom is -0.399 e. The van der Waals surface area contributed by atoms with Crippen LogP contribution in [0.1, 0.15) is 35.7 Å². The Bertz CT molecular complexity index is 380. The number of nitrogens with zero attached hydrogens (tertiary/aromatic N) is 1. The van der Waals surface area contributed by atoms with Gasteiger partial charge in [-0.15, -0.1) is 12.4 Å². The number of carbonyl (C=O) groups excluding carboxylic acids is 1. The van der Waals surface area contributed by atoms with Crippen molar-refractivity contribution in [2.75, 3.05) is 19.3 Å². The van der Waals surface area contributed by atoms with E-state index in [1.165, 1.54) is 0 Å². The summed E-state index contributed by atoms with van der Waals surface area (Å²) in [5.41, 5.74) is 8.01. The van der Waals surface area contributed by atoms with Gasteiger partial charge in [0, 0.05) is 24.8 Å². The number of hydrogen-bond donors (Lipinski definition) is 1. The molecule has 17 heavy (non-hydrogen) atoms. The van der Waals surface area contributed by atoms with Gasteiger partial charge in [-0.05, 0) is 31.0 Å². The molecule has 0 spiro atoms. The molecule has 2 N–H and O–H groups in total. The molecule has 0 heterocycles. The van der Waals surface area contributed by atoms with Crippen molar-refractivity contribution in [2.45, 2.75) is 26.7 Å². The van der Waals surface area contributed by atoms with Crippen LogP contribution in [-0.2, 0) is 0 Å². The van der Waals surface area contributed by atoms with Crippen LogP contribution in [0.25, 0.3) is 0 Å². The third-order valence-corrected chi connectivity index (χ3v) is 2.69. The zero-order valence-electron chi connectivity index (χ0n) is 10.7. The monoisotopic (exact) mass is 256 g/mol. The molecule has 1 rings (SSSR count). The van der Waals surface area contributed by atoms with Gasteiger partial charge in [0.05, 0.1) is 0 Å². The molecule has 1 aromatic rings. The number of anilines is 1. The van der Waals surface area contributed by atoms with Crippen LogP contribution in [0.3, 0.4) is 0 Å². The first-order chi connectivity index (χ1) is 7.56. The zero-order valence-corrected chi connectivity index (χ0v) is 11.5. The minimum atomic E-state index is 0. The number of hydrogen-bond acceptors (Lipinski definition) is 2. The highest BCUT2D eigenvalue weighted by atomic mass is 35.5. The van der Waals surface area contributed by atoms with Crippen molar-refractivity contribution in [3.8, 4) is 0 Å². The smallest absolute Gasteiger partial charge is 0.253 e. The lowest BCUT2D eigenvalue weighted by molar-refractivity contribution is 0.0792. The van der Waals surface area contributed by atoms with Crippen molar-refractivity contribution in [1.29, 1.82) is 0 Å². The fourth-order valence-corrected chi connectivity index (χ4v) is 1.57. The first-order valence-electron chi connectivity index (χ1n) is 5.67. The molecule has 0 aliphatic heterocycles. The number of amides is 1. The molecule has 1 amide bonds. The van der Waals surface area contributed by atoms with Crippen LogP contribution in [0.2, 0.25) is 0 Å². The second-order valence-corrected chi connectivity index (χ2v) is 4.15. The summed E-state index contributed by atoms with van der Waals surface area (Å²) < 4.78 is 0.